The Hall–Kier alpha value is -1.80. The van der Waals surface area contributed by atoms with E-state index in [0.717, 1.165) is 44.2 Å². The van der Waals surface area contributed by atoms with Gasteiger partial charge in [-0.3, -0.25) is 4.99 Å². The van der Waals surface area contributed by atoms with Crippen LogP contribution in [0, 0.1) is 6.92 Å². The van der Waals surface area contributed by atoms with Gasteiger partial charge in [0.25, 0.3) is 0 Å². The molecule has 0 radical (unpaired) electrons. The molecule has 0 saturated heterocycles. The van der Waals surface area contributed by atoms with Crippen LogP contribution in [0.5, 0.6) is 5.75 Å². The van der Waals surface area contributed by atoms with Gasteiger partial charge in [-0.25, -0.2) is 0 Å². The molecule has 2 aromatic carbocycles. The van der Waals surface area contributed by atoms with Gasteiger partial charge < -0.3 is 20.3 Å². The highest BCUT2D eigenvalue weighted by Gasteiger charge is 2.15. The molecule has 0 bridgehead atoms. The number of nitrogens with zero attached hydrogens (tertiary/aromatic N) is 2. The number of rotatable bonds is 7. The molecule has 1 aliphatic heterocycles. The monoisotopic (exact) mass is 508 g/mol. The minimum atomic E-state index is 0. The summed E-state index contributed by atoms with van der Waals surface area (Å²) >= 11 is 0. The van der Waals surface area contributed by atoms with E-state index in [9.17, 15) is 0 Å². The van der Waals surface area contributed by atoms with E-state index in [0.29, 0.717) is 0 Å². The normalized spacial score (nSPS) is 14.0. The number of aryl methyl sites for hydroxylation is 1. The number of hydrogen-bond acceptors (Lipinski definition) is 3. The topological polar surface area (TPSA) is 48.9 Å². The zero-order valence-electron chi connectivity index (χ0n) is 17.9. The summed E-state index contributed by atoms with van der Waals surface area (Å²) in [6.07, 6.45) is 1.98. The predicted molar refractivity (Wildman–Crippen MR) is 132 cm³/mol. The van der Waals surface area contributed by atoms with Crippen LogP contribution in [0.3, 0.4) is 0 Å². The Labute approximate surface area is 192 Å². The zero-order valence-corrected chi connectivity index (χ0v) is 20.2. The van der Waals surface area contributed by atoms with E-state index in [1.54, 1.807) is 0 Å². The van der Waals surface area contributed by atoms with Crippen LogP contribution in [-0.2, 0) is 12.8 Å². The van der Waals surface area contributed by atoms with Gasteiger partial charge in [-0.15, -0.1) is 24.0 Å². The fourth-order valence-electron chi connectivity index (χ4n) is 3.52. The highest BCUT2D eigenvalue weighted by molar-refractivity contribution is 14.0. The van der Waals surface area contributed by atoms with Crippen molar-refractivity contribution in [2.75, 3.05) is 40.8 Å². The SMILES string of the molecule is CN=C(NCCc1ccc2c(c1)CCO2)NCC(c1ccc(C)cc1)N(C)C.I. The van der Waals surface area contributed by atoms with Crippen molar-refractivity contribution in [1.82, 2.24) is 15.5 Å². The Balaban J connectivity index is 0.00000300. The first kappa shape index (κ1) is 23.5. The van der Waals surface area contributed by atoms with Crippen molar-refractivity contribution in [3.8, 4) is 5.75 Å². The number of likely N-dealkylation sites (N-methyl/N-ethyl adjacent to an activating group) is 1. The Kier molecular flexibility index (Phi) is 9.23. The summed E-state index contributed by atoms with van der Waals surface area (Å²) in [5.41, 5.74) is 5.24. The molecule has 1 heterocycles. The summed E-state index contributed by atoms with van der Waals surface area (Å²) in [5, 5.41) is 6.90. The molecule has 5 nitrogen and oxygen atoms in total. The maximum absolute atomic E-state index is 5.58. The van der Waals surface area contributed by atoms with Gasteiger partial charge >= 0.3 is 0 Å². The summed E-state index contributed by atoms with van der Waals surface area (Å²) in [6, 6.07) is 15.5. The van der Waals surface area contributed by atoms with Gasteiger partial charge in [0.15, 0.2) is 5.96 Å². The lowest BCUT2D eigenvalue weighted by Crippen LogP contribution is -2.42. The van der Waals surface area contributed by atoms with Crippen LogP contribution < -0.4 is 15.4 Å². The number of guanidine groups is 1. The van der Waals surface area contributed by atoms with E-state index >= 15 is 0 Å². The number of halogens is 1. The minimum Gasteiger partial charge on any atom is -0.493 e. The van der Waals surface area contributed by atoms with Crippen LogP contribution in [0.4, 0.5) is 0 Å². The lowest BCUT2D eigenvalue weighted by Gasteiger charge is -2.26. The first-order chi connectivity index (χ1) is 13.6. The van der Waals surface area contributed by atoms with Crippen molar-refractivity contribution in [3.05, 3.63) is 64.7 Å². The van der Waals surface area contributed by atoms with Crippen LogP contribution in [0.2, 0.25) is 0 Å². The van der Waals surface area contributed by atoms with Gasteiger partial charge in [-0.05, 0) is 50.2 Å². The average molecular weight is 508 g/mol. The van der Waals surface area contributed by atoms with Crippen molar-refractivity contribution in [2.45, 2.75) is 25.8 Å². The summed E-state index contributed by atoms with van der Waals surface area (Å²) in [5.74, 6) is 1.88. The van der Waals surface area contributed by atoms with Crippen LogP contribution >= 0.6 is 24.0 Å². The zero-order chi connectivity index (χ0) is 19.9. The smallest absolute Gasteiger partial charge is 0.191 e. The molecule has 6 heteroatoms. The molecule has 0 aliphatic carbocycles. The molecule has 3 rings (SSSR count). The number of aliphatic imine (C=N–C) groups is 1. The maximum Gasteiger partial charge on any atom is 0.191 e. The number of benzene rings is 2. The fourth-order valence-corrected chi connectivity index (χ4v) is 3.52. The minimum absolute atomic E-state index is 0. The fraction of sp³-hybridized carbons (Fsp3) is 0.435. The van der Waals surface area contributed by atoms with E-state index in [4.69, 9.17) is 4.74 Å². The molecule has 29 heavy (non-hydrogen) atoms. The number of ether oxygens (including phenoxy) is 1. The first-order valence-electron chi connectivity index (χ1n) is 9.99. The molecule has 2 N–H and O–H groups in total. The van der Waals surface area contributed by atoms with Gasteiger partial charge in [0.1, 0.15) is 5.75 Å². The van der Waals surface area contributed by atoms with Crippen molar-refractivity contribution in [2.24, 2.45) is 4.99 Å². The highest BCUT2D eigenvalue weighted by Crippen LogP contribution is 2.25. The molecule has 0 saturated carbocycles. The Morgan fingerprint density at radius 3 is 2.59 bits per heavy atom. The van der Waals surface area contributed by atoms with Gasteiger partial charge in [0, 0.05) is 26.6 Å². The molecule has 1 unspecified atom stereocenters. The average Bonchev–Trinajstić information content (AvgIpc) is 3.15. The van der Waals surface area contributed by atoms with Gasteiger partial charge in [-0.2, -0.15) is 0 Å². The largest absolute Gasteiger partial charge is 0.493 e. The van der Waals surface area contributed by atoms with E-state index in [1.165, 1.54) is 22.3 Å². The molecule has 1 aliphatic rings. The molecule has 0 aromatic heterocycles. The molecule has 158 valence electrons. The summed E-state index contributed by atoms with van der Waals surface area (Å²) in [4.78, 5) is 6.61. The van der Waals surface area contributed by atoms with Crippen LogP contribution in [0.15, 0.2) is 47.5 Å². The molecular formula is C23H33IN4O. The van der Waals surface area contributed by atoms with E-state index in [2.05, 4.69) is 84.0 Å². The van der Waals surface area contributed by atoms with Crippen molar-refractivity contribution >= 4 is 29.9 Å². The second-order valence-corrected chi connectivity index (χ2v) is 7.56. The van der Waals surface area contributed by atoms with Crippen LogP contribution in [-0.4, -0.2) is 51.7 Å². The lowest BCUT2D eigenvalue weighted by molar-refractivity contribution is 0.298. The highest BCUT2D eigenvalue weighted by atomic mass is 127. The molecule has 0 spiro atoms. The second-order valence-electron chi connectivity index (χ2n) is 7.56. The van der Waals surface area contributed by atoms with Crippen LogP contribution in [0.1, 0.15) is 28.3 Å². The lowest BCUT2D eigenvalue weighted by atomic mass is 10.0. The molecular weight excluding hydrogens is 475 g/mol. The quantitative estimate of drug-likeness (QED) is 0.341. The predicted octanol–water partition coefficient (Wildman–Crippen LogP) is 3.56. The van der Waals surface area contributed by atoms with Gasteiger partial charge in [0.2, 0.25) is 0 Å². The van der Waals surface area contributed by atoms with Crippen molar-refractivity contribution in [1.29, 1.82) is 0 Å². The van der Waals surface area contributed by atoms with Crippen LogP contribution in [0.25, 0.3) is 0 Å². The Bertz CT molecular complexity index is 805. The van der Waals surface area contributed by atoms with Gasteiger partial charge in [-0.1, -0.05) is 42.0 Å². The number of hydrogen-bond donors (Lipinski definition) is 2. The molecule has 1 atom stereocenters. The molecule has 2 aromatic rings. The van der Waals surface area contributed by atoms with Crippen molar-refractivity contribution < 1.29 is 4.74 Å². The number of fused-ring (bicyclic) bond motifs is 1. The van der Waals surface area contributed by atoms with E-state index in [-0.39, 0.29) is 30.0 Å². The number of nitrogens with one attached hydrogen (secondary N) is 2. The Morgan fingerprint density at radius 2 is 1.90 bits per heavy atom. The summed E-state index contributed by atoms with van der Waals surface area (Å²) < 4.78 is 5.58. The third kappa shape index (κ3) is 6.60. The standard InChI is InChI=1S/C23H32N4O.HI/c1-17-5-8-19(9-6-17)21(27(3)4)16-26-23(24-2)25-13-11-18-7-10-22-20(15-18)12-14-28-22;/h5-10,15,21H,11-14,16H2,1-4H3,(H2,24,25,26);1H. The van der Waals surface area contributed by atoms with E-state index in [1.807, 2.05) is 7.05 Å². The molecule has 0 amide bonds. The van der Waals surface area contributed by atoms with Gasteiger partial charge in [0.05, 0.1) is 12.6 Å². The Morgan fingerprint density at radius 1 is 1.14 bits per heavy atom. The third-order valence-corrected chi connectivity index (χ3v) is 5.23. The summed E-state index contributed by atoms with van der Waals surface area (Å²) in [6.45, 7) is 4.57. The first-order valence-corrected chi connectivity index (χ1v) is 9.99. The second kappa shape index (κ2) is 11.4. The summed E-state index contributed by atoms with van der Waals surface area (Å²) in [7, 11) is 6.04. The third-order valence-electron chi connectivity index (χ3n) is 5.23. The van der Waals surface area contributed by atoms with E-state index < -0.39 is 0 Å². The van der Waals surface area contributed by atoms with Crippen molar-refractivity contribution in [3.63, 3.8) is 0 Å². The maximum atomic E-state index is 5.58. The molecule has 0 fully saturated rings.